The third-order valence-electron chi connectivity index (χ3n) is 2.12. The lowest BCUT2D eigenvalue weighted by atomic mass is 10.0. The molecule has 0 aromatic carbocycles. The Kier molecular flexibility index (Phi) is 3.33. The zero-order chi connectivity index (χ0) is 8.36. The average molecular weight is 145 g/mol. The summed E-state index contributed by atoms with van der Waals surface area (Å²) < 4.78 is 0.856. The highest BCUT2D eigenvalue weighted by atomic mass is 15.4. The fraction of sp³-hybridized carbons (Fsp3) is 1.00. The average Bonchev–Trinajstić information content (AvgIpc) is 1.83. The Morgan fingerprint density at radius 3 is 1.80 bits per heavy atom. The summed E-state index contributed by atoms with van der Waals surface area (Å²) >= 11 is 0. The highest BCUT2D eigenvalue weighted by molar-refractivity contribution is 4.56. The number of rotatable bonds is 3. The quantitative estimate of drug-likeness (QED) is 0.466. The molecule has 0 aliphatic rings. The largest absolute Gasteiger partial charge is 0.316 e. The molecule has 0 amide bonds. The monoisotopic (exact) mass is 145 g/mol. The lowest BCUT2D eigenvalue weighted by Gasteiger charge is -2.34. The first-order valence-corrected chi connectivity index (χ1v) is 3.96. The zero-order valence-corrected chi connectivity index (χ0v) is 7.89. The fourth-order valence-electron chi connectivity index (χ4n) is 1.00. The maximum Gasteiger partial charge on any atom is 0.142 e. The Hall–Kier alpha value is -0.0800. The van der Waals surface area contributed by atoms with Crippen molar-refractivity contribution in [2.75, 3.05) is 21.1 Å². The van der Waals surface area contributed by atoms with Crippen LogP contribution >= 0.6 is 0 Å². The number of hydrogen-bond donors (Lipinski definition) is 1. The van der Waals surface area contributed by atoms with Crippen molar-refractivity contribution in [2.24, 2.45) is 11.7 Å². The molecule has 0 aliphatic carbocycles. The van der Waals surface area contributed by atoms with Gasteiger partial charge in [0.1, 0.15) is 6.17 Å². The van der Waals surface area contributed by atoms with E-state index in [9.17, 15) is 0 Å². The van der Waals surface area contributed by atoms with Crippen molar-refractivity contribution in [3.05, 3.63) is 0 Å². The maximum atomic E-state index is 5.98. The third kappa shape index (κ3) is 2.67. The van der Waals surface area contributed by atoms with Gasteiger partial charge in [0.05, 0.1) is 21.1 Å². The van der Waals surface area contributed by atoms with Crippen LogP contribution in [0.15, 0.2) is 0 Å². The van der Waals surface area contributed by atoms with Crippen LogP contribution in [-0.2, 0) is 0 Å². The van der Waals surface area contributed by atoms with Gasteiger partial charge in [0.25, 0.3) is 0 Å². The van der Waals surface area contributed by atoms with Crippen molar-refractivity contribution in [3.8, 4) is 0 Å². The minimum atomic E-state index is 0.269. The first kappa shape index (κ1) is 9.92. The van der Waals surface area contributed by atoms with Gasteiger partial charge in [-0.05, 0) is 6.42 Å². The molecule has 2 unspecified atom stereocenters. The lowest BCUT2D eigenvalue weighted by Crippen LogP contribution is -2.54. The summed E-state index contributed by atoms with van der Waals surface area (Å²) in [5, 5.41) is 0. The second kappa shape index (κ2) is 3.35. The van der Waals surface area contributed by atoms with Crippen LogP contribution in [0.1, 0.15) is 20.3 Å². The van der Waals surface area contributed by atoms with Crippen LogP contribution in [0, 0.1) is 5.92 Å². The number of hydrogen-bond acceptors (Lipinski definition) is 1. The van der Waals surface area contributed by atoms with E-state index < -0.39 is 0 Å². The van der Waals surface area contributed by atoms with E-state index >= 15 is 0 Å². The molecule has 0 heterocycles. The van der Waals surface area contributed by atoms with Gasteiger partial charge in [-0.3, -0.25) is 5.73 Å². The van der Waals surface area contributed by atoms with Crippen molar-refractivity contribution in [1.82, 2.24) is 0 Å². The smallest absolute Gasteiger partial charge is 0.142 e. The van der Waals surface area contributed by atoms with E-state index in [0.717, 1.165) is 10.9 Å². The molecule has 0 aliphatic heterocycles. The van der Waals surface area contributed by atoms with Crippen LogP contribution in [0.3, 0.4) is 0 Å². The number of nitrogens with two attached hydrogens (primary N) is 1. The minimum absolute atomic E-state index is 0.269. The molecule has 0 spiro atoms. The Morgan fingerprint density at radius 1 is 1.30 bits per heavy atom. The van der Waals surface area contributed by atoms with Gasteiger partial charge in [0.15, 0.2) is 0 Å². The molecule has 2 nitrogen and oxygen atoms in total. The highest BCUT2D eigenvalue weighted by Gasteiger charge is 2.23. The van der Waals surface area contributed by atoms with Gasteiger partial charge < -0.3 is 4.48 Å². The van der Waals surface area contributed by atoms with Crippen LogP contribution in [0.2, 0.25) is 0 Å². The highest BCUT2D eigenvalue weighted by Crippen LogP contribution is 2.11. The van der Waals surface area contributed by atoms with E-state index in [1.54, 1.807) is 0 Å². The van der Waals surface area contributed by atoms with Crippen LogP contribution in [-0.4, -0.2) is 31.8 Å². The SMILES string of the molecule is CCC(C)C(N)[N+](C)(C)C. The van der Waals surface area contributed by atoms with E-state index in [4.69, 9.17) is 5.73 Å². The summed E-state index contributed by atoms with van der Waals surface area (Å²) in [5.74, 6) is 0.611. The van der Waals surface area contributed by atoms with E-state index in [2.05, 4.69) is 35.0 Å². The van der Waals surface area contributed by atoms with Crippen molar-refractivity contribution < 1.29 is 4.48 Å². The zero-order valence-electron chi connectivity index (χ0n) is 7.89. The van der Waals surface area contributed by atoms with Gasteiger partial charge in [0, 0.05) is 5.92 Å². The number of quaternary nitrogens is 1. The molecule has 2 N–H and O–H groups in total. The third-order valence-corrected chi connectivity index (χ3v) is 2.12. The van der Waals surface area contributed by atoms with Crippen LogP contribution in [0.5, 0.6) is 0 Å². The van der Waals surface area contributed by atoms with Gasteiger partial charge >= 0.3 is 0 Å². The molecule has 62 valence electrons. The summed E-state index contributed by atoms with van der Waals surface area (Å²) in [4.78, 5) is 0. The molecule has 0 saturated heterocycles. The molecular weight excluding hydrogens is 124 g/mol. The lowest BCUT2D eigenvalue weighted by molar-refractivity contribution is -0.899. The standard InChI is InChI=1S/C8H21N2/c1-6-7(2)8(9)10(3,4)5/h7-8H,6,9H2,1-5H3/q+1. The van der Waals surface area contributed by atoms with Crippen molar-refractivity contribution >= 4 is 0 Å². The predicted molar refractivity (Wildman–Crippen MR) is 45.5 cm³/mol. The first-order valence-electron chi connectivity index (χ1n) is 3.96. The molecule has 0 rings (SSSR count). The molecule has 0 bridgehead atoms. The van der Waals surface area contributed by atoms with E-state index in [1.165, 1.54) is 0 Å². The van der Waals surface area contributed by atoms with E-state index in [0.29, 0.717) is 5.92 Å². The summed E-state index contributed by atoms with van der Waals surface area (Å²) in [6.07, 6.45) is 1.43. The molecule has 10 heavy (non-hydrogen) atoms. The first-order chi connectivity index (χ1) is 4.39. The van der Waals surface area contributed by atoms with E-state index in [-0.39, 0.29) is 6.17 Å². The minimum Gasteiger partial charge on any atom is -0.316 e. The molecule has 0 fully saturated rings. The Labute approximate surface area is 64.6 Å². The molecular formula is C8H21N2+. The fourth-order valence-corrected chi connectivity index (χ4v) is 1.00. The number of nitrogens with zero attached hydrogens (tertiary/aromatic N) is 1. The van der Waals surface area contributed by atoms with Gasteiger partial charge in [-0.1, -0.05) is 13.8 Å². The van der Waals surface area contributed by atoms with Crippen molar-refractivity contribution in [3.63, 3.8) is 0 Å². The normalized spacial score (nSPS) is 18.6. The molecule has 0 radical (unpaired) electrons. The van der Waals surface area contributed by atoms with Crippen LogP contribution in [0.25, 0.3) is 0 Å². The van der Waals surface area contributed by atoms with E-state index in [1.807, 2.05) is 0 Å². The summed E-state index contributed by atoms with van der Waals surface area (Å²) in [5.41, 5.74) is 5.98. The summed E-state index contributed by atoms with van der Waals surface area (Å²) in [6, 6.07) is 0. The molecule has 0 saturated carbocycles. The van der Waals surface area contributed by atoms with Gasteiger partial charge in [-0.2, -0.15) is 0 Å². The molecule has 0 aromatic heterocycles. The Balaban J connectivity index is 3.94. The van der Waals surface area contributed by atoms with Crippen molar-refractivity contribution in [2.45, 2.75) is 26.4 Å². The van der Waals surface area contributed by atoms with Gasteiger partial charge in [-0.25, -0.2) is 0 Å². The summed E-state index contributed by atoms with van der Waals surface area (Å²) in [7, 11) is 6.41. The predicted octanol–water partition coefficient (Wildman–Crippen LogP) is 1.02. The van der Waals surface area contributed by atoms with Crippen LogP contribution in [0.4, 0.5) is 0 Å². The Bertz CT molecular complexity index is 93.9. The maximum absolute atomic E-state index is 5.98. The second-order valence-corrected chi connectivity index (χ2v) is 3.99. The topological polar surface area (TPSA) is 26.0 Å². The molecule has 2 atom stereocenters. The van der Waals surface area contributed by atoms with Crippen molar-refractivity contribution in [1.29, 1.82) is 0 Å². The van der Waals surface area contributed by atoms with Gasteiger partial charge in [-0.15, -0.1) is 0 Å². The summed E-state index contributed by atoms with van der Waals surface area (Å²) in [6.45, 7) is 4.38. The molecule has 0 aromatic rings. The second-order valence-electron chi connectivity index (χ2n) is 3.99. The molecule has 2 heteroatoms. The van der Waals surface area contributed by atoms with Gasteiger partial charge in [0.2, 0.25) is 0 Å². The van der Waals surface area contributed by atoms with Crippen LogP contribution < -0.4 is 5.73 Å². The Morgan fingerprint density at radius 2 is 1.70 bits per heavy atom.